The van der Waals surface area contributed by atoms with Gasteiger partial charge >= 0.3 is 0 Å². The van der Waals surface area contributed by atoms with Gasteiger partial charge < -0.3 is 15.5 Å². The SMILES string of the molecule is CN=C(NCCc1cc(F)ccc1F)NCc1ccnc(N2CCCCCC2)c1. The molecule has 29 heavy (non-hydrogen) atoms. The molecule has 2 heterocycles. The fraction of sp³-hybridized carbons (Fsp3) is 0.455. The van der Waals surface area contributed by atoms with Crippen LogP contribution < -0.4 is 15.5 Å². The van der Waals surface area contributed by atoms with E-state index in [9.17, 15) is 8.78 Å². The number of anilines is 1. The second-order valence-electron chi connectivity index (χ2n) is 7.26. The molecule has 0 atom stereocenters. The van der Waals surface area contributed by atoms with Crippen LogP contribution in [0.25, 0.3) is 0 Å². The zero-order valence-corrected chi connectivity index (χ0v) is 16.9. The number of hydrogen-bond acceptors (Lipinski definition) is 3. The minimum atomic E-state index is -0.429. The van der Waals surface area contributed by atoms with Gasteiger partial charge in [-0.1, -0.05) is 12.8 Å². The van der Waals surface area contributed by atoms with Crippen molar-refractivity contribution in [3.63, 3.8) is 0 Å². The highest BCUT2D eigenvalue weighted by Crippen LogP contribution is 2.18. The topological polar surface area (TPSA) is 52.6 Å². The lowest BCUT2D eigenvalue weighted by Gasteiger charge is -2.22. The Kier molecular flexibility index (Phi) is 7.78. The lowest BCUT2D eigenvalue weighted by molar-refractivity contribution is 0.583. The van der Waals surface area contributed by atoms with Crippen LogP contribution in [0.3, 0.4) is 0 Å². The third-order valence-corrected chi connectivity index (χ3v) is 5.12. The van der Waals surface area contributed by atoms with Crippen molar-refractivity contribution < 1.29 is 8.78 Å². The molecule has 1 aromatic carbocycles. The molecule has 1 aliphatic rings. The Morgan fingerprint density at radius 1 is 1.07 bits per heavy atom. The first-order valence-electron chi connectivity index (χ1n) is 10.2. The van der Waals surface area contributed by atoms with Crippen molar-refractivity contribution in [3.05, 3.63) is 59.3 Å². The number of guanidine groups is 1. The lowest BCUT2D eigenvalue weighted by atomic mass is 10.1. The highest BCUT2D eigenvalue weighted by Gasteiger charge is 2.11. The number of benzene rings is 1. The van der Waals surface area contributed by atoms with E-state index >= 15 is 0 Å². The molecule has 1 fully saturated rings. The van der Waals surface area contributed by atoms with E-state index in [0.29, 0.717) is 31.0 Å². The molecule has 1 aromatic heterocycles. The number of hydrogen-bond donors (Lipinski definition) is 2. The van der Waals surface area contributed by atoms with E-state index in [2.05, 4.69) is 31.6 Å². The van der Waals surface area contributed by atoms with E-state index in [1.165, 1.54) is 31.7 Å². The van der Waals surface area contributed by atoms with Crippen LogP contribution in [0.2, 0.25) is 0 Å². The van der Waals surface area contributed by atoms with E-state index < -0.39 is 11.6 Å². The molecule has 1 saturated heterocycles. The number of halogens is 2. The molecule has 0 radical (unpaired) electrons. The monoisotopic (exact) mass is 401 g/mol. The third-order valence-electron chi connectivity index (χ3n) is 5.12. The van der Waals surface area contributed by atoms with E-state index in [0.717, 1.165) is 36.6 Å². The normalized spacial score (nSPS) is 15.1. The molecule has 0 unspecified atom stereocenters. The van der Waals surface area contributed by atoms with Crippen LogP contribution in [0.15, 0.2) is 41.5 Å². The van der Waals surface area contributed by atoms with Gasteiger partial charge in [0.05, 0.1) is 0 Å². The summed E-state index contributed by atoms with van der Waals surface area (Å²) < 4.78 is 27.0. The molecule has 0 bridgehead atoms. The molecule has 2 N–H and O–H groups in total. The number of aromatic nitrogens is 1. The van der Waals surface area contributed by atoms with Crippen molar-refractivity contribution in [2.24, 2.45) is 4.99 Å². The van der Waals surface area contributed by atoms with E-state index in [1.54, 1.807) is 7.05 Å². The summed E-state index contributed by atoms with van der Waals surface area (Å²) in [6.07, 6.45) is 7.23. The summed E-state index contributed by atoms with van der Waals surface area (Å²) in [5, 5.41) is 6.41. The highest BCUT2D eigenvalue weighted by atomic mass is 19.1. The Labute approximate surface area is 171 Å². The first kappa shape index (κ1) is 21.0. The molecule has 0 spiro atoms. The van der Waals surface area contributed by atoms with E-state index in [-0.39, 0.29) is 0 Å². The molecule has 7 heteroatoms. The maximum absolute atomic E-state index is 13.7. The summed E-state index contributed by atoms with van der Waals surface area (Å²) in [7, 11) is 1.69. The zero-order chi connectivity index (χ0) is 20.5. The van der Waals surface area contributed by atoms with Gasteiger partial charge in [-0.3, -0.25) is 4.99 Å². The minimum absolute atomic E-state index is 0.351. The van der Waals surface area contributed by atoms with Crippen LogP contribution >= 0.6 is 0 Å². The van der Waals surface area contributed by atoms with Gasteiger partial charge in [0.15, 0.2) is 5.96 Å². The Balaban J connectivity index is 1.50. The van der Waals surface area contributed by atoms with Gasteiger partial charge in [-0.05, 0) is 60.7 Å². The van der Waals surface area contributed by atoms with Gasteiger partial charge in [-0.15, -0.1) is 0 Å². The predicted octanol–water partition coefficient (Wildman–Crippen LogP) is 3.65. The lowest BCUT2D eigenvalue weighted by Crippen LogP contribution is -2.38. The molecular formula is C22H29F2N5. The van der Waals surface area contributed by atoms with Crippen LogP contribution in [-0.2, 0) is 13.0 Å². The van der Waals surface area contributed by atoms with Crippen LogP contribution in [0.5, 0.6) is 0 Å². The average molecular weight is 402 g/mol. The van der Waals surface area contributed by atoms with Crippen molar-refractivity contribution in [2.45, 2.75) is 38.6 Å². The maximum atomic E-state index is 13.7. The van der Waals surface area contributed by atoms with Crippen molar-refractivity contribution in [1.29, 1.82) is 0 Å². The molecule has 2 aromatic rings. The van der Waals surface area contributed by atoms with Crippen molar-refractivity contribution in [3.8, 4) is 0 Å². The number of pyridine rings is 1. The second kappa shape index (κ2) is 10.7. The standard InChI is InChI=1S/C22H29F2N5/c1-25-22(27-11-9-18-15-19(23)6-7-20(18)24)28-16-17-8-10-26-21(14-17)29-12-4-2-3-5-13-29/h6-8,10,14-15H,2-5,9,11-13,16H2,1H3,(H2,25,27,28). The van der Waals surface area contributed by atoms with Crippen LogP contribution in [0.4, 0.5) is 14.6 Å². The Morgan fingerprint density at radius 2 is 1.86 bits per heavy atom. The van der Waals surface area contributed by atoms with Gasteiger partial charge in [0.25, 0.3) is 0 Å². The summed E-state index contributed by atoms with van der Waals surface area (Å²) in [5.41, 5.74) is 1.47. The summed E-state index contributed by atoms with van der Waals surface area (Å²) in [6.45, 7) is 3.18. The number of rotatable bonds is 6. The van der Waals surface area contributed by atoms with Gasteiger partial charge in [0, 0.05) is 39.4 Å². The largest absolute Gasteiger partial charge is 0.357 e. The fourth-order valence-corrected chi connectivity index (χ4v) is 3.50. The molecule has 5 nitrogen and oxygen atoms in total. The van der Waals surface area contributed by atoms with Crippen LogP contribution in [0.1, 0.15) is 36.8 Å². The maximum Gasteiger partial charge on any atom is 0.191 e. The third kappa shape index (κ3) is 6.41. The van der Waals surface area contributed by atoms with Gasteiger partial charge in [-0.25, -0.2) is 13.8 Å². The van der Waals surface area contributed by atoms with E-state index in [1.807, 2.05) is 12.3 Å². The Morgan fingerprint density at radius 3 is 2.62 bits per heavy atom. The molecule has 156 valence electrons. The van der Waals surface area contributed by atoms with Gasteiger partial charge in [-0.2, -0.15) is 0 Å². The second-order valence-corrected chi connectivity index (χ2v) is 7.26. The number of nitrogens with one attached hydrogen (secondary N) is 2. The fourth-order valence-electron chi connectivity index (χ4n) is 3.50. The van der Waals surface area contributed by atoms with Crippen molar-refractivity contribution in [2.75, 3.05) is 31.6 Å². The summed E-state index contributed by atoms with van der Waals surface area (Å²) in [6, 6.07) is 7.62. The molecule has 3 rings (SSSR count). The zero-order valence-electron chi connectivity index (χ0n) is 16.9. The first-order valence-corrected chi connectivity index (χ1v) is 10.2. The van der Waals surface area contributed by atoms with Crippen LogP contribution in [0, 0.1) is 11.6 Å². The van der Waals surface area contributed by atoms with Crippen LogP contribution in [-0.4, -0.2) is 37.6 Å². The van der Waals surface area contributed by atoms with Gasteiger partial charge in [0.2, 0.25) is 0 Å². The Hall–Kier alpha value is -2.70. The quantitative estimate of drug-likeness (QED) is 0.573. The number of nitrogens with zero attached hydrogens (tertiary/aromatic N) is 3. The molecule has 0 saturated carbocycles. The summed E-state index contributed by atoms with van der Waals surface area (Å²) in [5.74, 6) is 0.821. The highest BCUT2D eigenvalue weighted by molar-refractivity contribution is 5.79. The van der Waals surface area contributed by atoms with Crippen molar-refractivity contribution in [1.82, 2.24) is 15.6 Å². The summed E-state index contributed by atoms with van der Waals surface area (Å²) >= 11 is 0. The van der Waals surface area contributed by atoms with Gasteiger partial charge in [0.1, 0.15) is 17.5 Å². The number of aliphatic imine (C=N–C) groups is 1. The Bertz CT molecular complexity index is 817. The smallest absolute Gasteiger partial charge is 0.191 e. The molecule has 1 aliphatic heterocycles. The first-order chi connectivity index (χ1) is 14.2. The minimum Gasteiger partial charge on any atom is -0.357 e. The molecular weight excluding hydrogens is 372 g/mol. The predicted molar refractivity (Wildman–Crippen MR) is 113 cm³/mol. The molecule has 0 amide bonds. The van der Waals surface area contributed by atoms with Crippen molar-refractivity contribution >= 4 is 11.8 Å². The summed E-state index contributed by atoms with van der Waals surface area (Å²) in [4.78, 5) is 11.1. The molecule has 0 aliphatic carbocycles. The van der Waals surface area contributed by atoms with E-state index in [4.69, 9.17) is 0 Å². The average Bonchev–Trinajstić information content (AvgIpc) is 3.03.